The quantitative estimate of drug-likeness (QED) is 0.698. The first kappa shape index (κ1) is 10.8. The summed E-state index contributed by atoms with van der Waals surface area (Å²) in [5.74, 6) is 0.115. The fourth-order valence-corrected chi connectivity index (χ4v) is 3.00. The Kier molecular flexibility index (Phi) is 2.67. The number of hydrogen-bond acceptors (Lipinski definition) is 1. The average molecular weight is 248 g/mol. The van der Waals surface area contributed by atoms with E-state index in [0.29, 0.717) is 22.7 Å². The lowest BCUT2D eigenvalue weighted by molar-refractivity contribution is 0.0689. The highest BCUT2D eigenvalue weighted by Gasteiger charge is 2.37. The second-order valence-electron chi connectivity index (χ2n) is 4.69. The van der Waals surface area contributed by atoms with Crippen molar-refractivity contribution in [3.05, 3.63) is 47.0 Å². The van der Waals surface area contributed by atoms with Gasteiger partial charge in [0.1, 0.15) is 0 Å². The van der Waals surface area contributed by atoms with Gasteiger partial charge in [0.25, 0.3) is 5.91 Å². The van der Waals surface area contributed by atoms with Gasteiger partial charge in [0.05, 0.1) is 6.04 Å². The molecule has 0 aliphatic carbocycles. The SMILES string of the molecule is O=C(c1cccc(Cl)c1)N1[C@H]2CC=C[C@H]1CC2. The summed E-state index contributed by atoms with van der Waals surface area (Å²) < 4.78 is 0. The third-order valence-corrected chi connectivity index (χ3v) is 3.85. The van der Waals surface area contributed by atoms with Crippen molar-refractivity contribution in [1.82, 2.24) is 4.90 Å². The highest BCUT2D eigenvalue weighted by Crippen LogP contribution is 2.32. The molecule has 1 amide bonds. The van der Waals surface area contributed by atoms with E-state index in [1.807, 2.05) is 17.0 Å². The van der Waals surface area contributed by atoms with Gasteiger partial charge in [0.2, 0.25) is 0 Å². The molecule has 2 heterocycles. The van der Waals surface area contributed by atoms with E-state index in [1.165, 1.54) is 0 Å². The lowest BCUT2D eigenvalue weighted by Gasteiger charge is -2.31. The Hall–Kier alpha value is -1.28. The number of carbonyl (C=O) groups excluding carboxylic acids is 1. The minimum atomic E-state index is 0.115. The van der Waals surface area contributed by atoms with Crippen molar-refractivity contribution < 1.29 is 4.79 Å². The van der Waals surface area contributed by atoms with Gasteiger partial charge in [-0.1, -0.05) is 29.8 Å². The van der Waals surface area contributed by atoms with Gasteiger partial charge in [0, 0.05) is 16.6 Å². The summed E-state index contributed by atoms with van der Waals surface area (Å²) in [5, 5.41) is 0.621. The van der Waals surface area contributed by atoms with Gasteiger partial charge >= 0.3 is 0 Å². The molecular weight excluding hydrogens is 234 g/mol. The molecule has 1 fully saturated rings. The maximum Gasteiger partial charge on any atom is 0.254 e. The van der Waals surface area contributed by atoms with E-state index in [-0.39, 0.29) is 5.91 Å². The molecule has 2 atom stereocenters. The van der Waals surface area contributed by atoms with E-state index < -0.39 is 0 Å². The normalized spacial score (nSPS) is 26.3. The highest BCUT2D eigenvalue weighted by molar-refractivity contribution is 6.30. The van der Waals surface area contributed by atoms with E-state index in [9.17, 15) is 4.79 Å². The van der Waals surface area contributed by atoms with E-state index in [0.717, 1.165) is 19.3 Å². The molecule has 0 saturated carbocycles. The predicted molar refractivity (Wildman–Crippen MR) is 68.2 cm³/mol. The molecule has 1 aromatic carbocycles. The van der Waals surface area contributed by atoms with Crippen LogP contribution in [0.2, 0.25) is 5.02 Å². The molecule has 2 aliphatic heterocycles. The molecule has 2 bridgehead atoms. The summed E-state index contributed by atoms with van der Waals surface area (Å²) in [7, 11) is 0. The molecular formula is C14H14ClNO. The molecule has 1 aromatic rings. The van der Waals surface area contributed by atoms with Gasteiger partial charge in [-0.2, -0.15) is 0 Å². The van der Waals surface area contributed by atoms with E-state index in [2.05, 4.69) is 12.2 Å². The van der Waals surface area contributed by atoms with E-state index >= 15 is 0 Å². The average Bonchev–Trinajstić information content (AvgIpc) is 2.58. The molecule has 17 heavy (non-hydrogen) atoms. The lowest BCUT2D eigenvalue weighted by atomic mass is 10.1. The van der Waals surface area contributed by atoms with Crippen molar-refractivity contribution in [3.63, 3.8) is 0 Å². The largest absolute Gasteiger partial charge is 0.329 e. The number of rotatable bonds is 1. The van der Waals surface area contributed by atoms with Gasteiger partial charge < -0.3 is 4.90 Å². The van der Waals surface area contributed by atoms with Crippen LogP contribution in [-0.2, 0) is 0 Å². The third-order valence-electron chi connectivity index (χ3n) is 3.62. The van der Waals surface area contributed by atoms with Crippen LogP contribution in [-0.4, -0.2) is 22.9 Å². The van der Waals surface area contributed by atoms with Gasteiger partial charge in [-0.3, -0.25) is 4.79 Å². The number of carbonyl (C=O) groups is 1. The zero-order valence-electron chi connectivity index (χ0n) is 9.47. The molecule has 88 valence electrons. The molecule has 0 radical (unpaired) electrons. The first-order chi connectivity index (χ1) is 8.25. The number of halogens is 1. The Morgan fingerprint density at radius 2 is 2.24 bits per heavy atom. The summed E-state index contributed by atoms with van der Waals surface area (Å²) in [6.07, 6.45) is 7.55. The molecule has 2 aliphatic rings. The predicted octanol–water partition coefficient (Wildman–Crippen LogP) is 3.27. The van der Waals surface area contributed by atoms with Crippen molar-refractivity contribution in [1.29, 1.82) is 0 Å². The number of nitrogens with zero attached hydrogens (tertiary/aromatic N) is 1. The van der Waals surface area contributed by atoms with Crippen molar-refractivity contribution in [2.24, 2.45) is 0 Å². The van der Waals surface area contributed by atoms with Crippen molar-refractivity contribution in [2.75, 3.05) is 0 Å². The van der Waals surface area contributed by atoms with Crippen LogP contribution in [0.15, 0.2) is 36.4 Å². The molecule has 0 aromatic heterocycles. The molecule has 2 nitrogen and oxygen atoms in total. The van der Waals surface area contributed by atoms with Crippen LogP contribution < -0.4 is 0 Å². The minimum Gasteiger partial charge on any atom is -0.329 e. The first-order valence-electron chi connectivity index (χ1n) is 6.00. The van der Waals surface area contributed by atoms with Crippen LogP contribution in [0.5, 0.6) is 0 Å². The maximum atomic E-state index is 12.4. The van der Waals surface area contributed by atoms with Gasteiger partial charge in [-0.25, -0.2) is 0 Å². The van der Waals surface area contributed by atoms with Crippen molar-refractivity contribution in [2.45, 2.75) is 31.3 Å². The maximum absolute atomic E-state index is 12.4. The molecule has 0 N–H and O–H groups in total. The Bertz CT molecular complexity index is 483. The van der Waals surface area contributed by atoms with Crippen LogP contribution in [0.25, 0.3) is 0 Å². The Morgan fingerprint density at radius 1 is 1.35 bits per heavy atom. The van der Waals surface area contributed by atoms with Crippen LogP contribution in [0, 0.1) is 0 Å². The summed E-state index contributed by atoms with van der Waals surface area (Å²) >= 11 is 5.93. The van der Waals surface area contributed by atoms with E-state index in [4.69, 9.17) is 11.6 Å². The zero-order chi connectivity index (χ0) is 11.8. The molecule has 3 rings (SSSR count). The minimum absolute atomic E-state index is 0.115. The number of amides is 1. The Balaban J connectivity index is 1.90. The Labute approximate surface area is 106 Å². The standard InChI is InChI=1S/C14H14ClNO/c15-11-4-1-3-10(9-11)14(17)16-12-5-2-6-13(16)8-7-12/h1-5,9,12-13H,6-8H2/t12-,13-/m0/s1. The van der Waals surface area contributed by atoms with Gasteiger partial charge in [-0.05, 0) is 37.5 Å². The molecule has 1 saturated heterocycles. The second kappa shape index (κ2) is 4.19. The van der Waals surface area contributed by atoms with Gasteiger partial charge in [-0.15, -0.1) is 0 Å². The summed E-state index contributed by atoms with van der Waals surface area (Å²) in [4.78, 5) is 14.5. The van der Waals surface area contributed by atoms with Crippen LogP contribution in [0.4, 0.5) is 0 Å². The molecule has 3 heteroatoms. The topological polar surface area (TPSA) is 20.3 Å². The summed E-state index contributed by atoms with van der Waals surface area (Å²) in [5.41, 5.74) is 0.699. The highest BCUT2D eigenvalue weighted by atomic mass is 35.5. The monoisotopic (exact) mass is 247 g/mol. The number of benzene rings is 1. The zero-order valence-corrected chi connectivity index (χ0v) is 10.2. The fourth-order valence-electron chi connectivity index (χ4n) is 2.81. The van der Waals surface area contributed by atoms with Crippen molar-refractivity contribution in [3.8, 4) is 0 Å². The molecule has 0 spiro atoms. The van der Waals surface area contributed by atoms with Crippen LogP contribution in [0.1, 0.15) is 29.6 Å². The Morgan fingerprint density at radius 3 is 3.00 bits per heavy atom. The van der Waals surface area contributed by atoms with Crippen LogP contribution in [0.3, 0.4) is 0 Å². The third kappa shape index (κ3) is 1.87. The lowest BCUT2D eigenvalue weighted by Crippen LogP contribution is -2.42. The van der Waals surface area contributed by atoms with Crippen LogP contribution >= 0.6 is 11.6 Å². The second-order valence-corrected chi connectivity index (χ2v) is 5.12. The van der Waals surface area contributed by atoms with Gasteiger partial charge in [0.15, 0.2) is 0 Å². The first-order valence-corrected chi connectivity index (χ1v) is 6.38. The van der Waals surface area contributed by atoms with E-state index in [1.54, 1.807) is 12.1 Å². The number of fused-ring (bicyclic) bond motifs is 2. The smallest absolute Gasteiger partial charge is 0.254 e. The summed E-state index contributed by atoms with van der Waals surface area (Å²) in [6, 6.07) is 7.89. The van der Waals surface area contributed by atoms with Crippen molar-refractivity contribution >= 4 is 17.5 Å². The molecule has 0 unspecified atom stereocenters. The fraction of sp³-hybridized carbons (Fsp3) is 0.357. The summed E-state index contributed by atoms with van der Waals surface area (Å²) in [6.45, 7) is 0. The number of hydrogen-bond donors (Lipinski definition) is 0.